The van der Waals surface area contributed by atoms with Crippen molar-refractivity contribution in [2.24, 2.45) is 10.9 Å². The number of unbranched alkanes of at least 4 members (excludes halogenated alkanes) is 1. The summed E-state index contributed by atoms with van der Waals surface area (Å²) in [6.07, 6.45) is 3.35. The third-order valence-electron chi connectivity index (χ3n) is 3.44. The SMILES string of the molecule is CCCCC(CC)COC(=NC(=O)Oc1ccccc1)SCC(=O)O. The molecule has 0 radical (unpaired) electrons. The Labute approximate surface area is 152 Å². The van der Waals surface area contributed by atoms with Crippen LogP contribution in [0.4, 0.5) is 4.79 Å². The monoisotopic (exact) mass is 367 g/mol. The largest absolute Gasteiger partial charge is 0.481 e. The minimum atomic E-state index is -1.00. The Morgan fingerprint density at radius 1 is 1.24 bits per heavy atom. The number of carboxylic acids is 1. The molecule has 0 saturated carbocycles. The van der Waals surface area contributed by atoms with Gasteiger partial charge in [-0.05, 0) is 24.5 Å². The van der Waals surface area contributed by atoms with Gasteiger partial charge in [0.25, 0.3) is 5.23 Å². The Morgan fingerprint density at radius 3 is 2.56 bits per heavy atom. The van der Waals surface area contributed by atoms with Crippen LogP contribution in [0.3, 0.4) is 0 Å². The van der Waals surface area contributed by atoms with Crippen LogP contribution in [-0.2, 0) is 9.53 Å². The van der Waals surface area contributed by atoms with Crippen LogP contribution in [0.5, 0.6) is 5.75 Å². The van der Waals surface area contributed by atoms with Crippen LogP contribution in [0.15, 0.2) is 35.3 Å². The molecule has 0 spiro atoms. The maximum Gasteiger partial charge on any atom is 0.442 e. The number of carboxylic acid groups (broad SMARTS) is 1. The number of aliphatic carboxylic acids is 1. The lowest BCUT2D eigenvalue weighted by molar-refractivity contribution is -0.133. The number of amides is 1. The van der Waals surface area contributed by atoms with Crippen molar-refractivity contribution < 1.29 is 24.2 Å². The number of aliphatic imine (C=N–C) groups is 1. The van der Waals surface area contributed by atoms with Gasteiger partial charge in [0, 0.05) is 0 Å². The Kier molecular flexibility index (Phi) is 10.4. The van der Waals surface area contributed by atoms with Crippen LogP contribution >= 0.6 is 11.8 Å². The van der Waals surface area contributed by atoms with Crippen molar-refractivity contribution in [1.82, 2.24) is 0 Å². The highest BCUT2D eigenvalue weighted by atomic mass is 32.2. The van der Waals surface area contributed by atoms with E-state index in [4.69, 9.17) is 14.6 Å². The molecule has 0 aliphatic rings. The van der Waals surface area contributed by atoms with Crippen LogP contribution in [0.1, 0.15) is 39.5 Å². The van der Waals surface area contributed by atoms with Crippen LogP contribution in [-0.4, -0.2) is 34.8 Å². The van der Waals surface area contributed by atoms with Gasteiger partial charge in [0.1, 0.15) is 11.5 Å². The molecule has 6 nitrogen and oxygen atoms in total. The number of carbonyl (C=O) groups is 2. The molecule has 1 aromatic carbocycles. The minimum Gasteiger partial charge on any atom is -0.481 e. The number of para-hydroxylation sites is 1. The van der Waals surface area contributed by atoms with Gasteiger partial charge in [-0.3, -0.25) is 4.79 Å². The second-order valence-electron chi connectivity index (χ2n) is 5.47. The molecule has 1 atom stereocenters. The molecule has 138 valence electrons. The fourth-order valence-electron chi connectivity index (χ4n) is 2.00. The molecule has 0 bridgehead atoms. The molecule has 1 aromatic rings. The molecule has 1 unspecified atom stereocenters. The van der Waals surface area contributed by atoms with E-state index in [0.29, 0.717) is 18.3 Å². The number of nitrogens with zero attached hydrogens (tertiary/aromatic N) is 1. The van der Waals surface area contributed by atoms with Crippen molar-refractivity contribution >= 4 is 29.1 Å². The smallest absolute Gasteiger partial charge is 0.442 e. The van der Waals surface area contributed by atoms with E-state index in [0.717, 1.165) is 37.4 Å². The lowest BCUT2D eigenvalue weighted by Crippen LogP contribution is -2.16. The number of carbonyl (C=O) groups excluding carboxylic acids is 1. The molecule has 0 aromatic heterocycles. The Morgan fingerprint density at radius 2 is 1.96 bits per heavy atom. The second-order valence-corrected chi connectivity index (χ2v) is 6.40. The summed E-state index contributed by atoms with van der Waals surface area (Å²) in [5.74, 6) is -0.520. The number of benzene rings is 1. The normalized spacial score (nSPS) is 12.5. The third-order valence-corrected chi connectivity index (χ3v) is 4.28. The van der Waals surface area contributed by atoms with Crippen molar-refractivity contribution in [1.29, 1.82) is 0 Å². The van der Waals surface area contributed by atoms with E-state index in [2.05, 4.69) is 18.8 Å². The number of hydrogen-bond acceptors (Lipinski definition) is 5. The topological polar surface area (TPSA) is 85.2 Å². The zero-order valence-corrected chi connectivity index (χ0v) is 15.5. The van der Waals surface area contributed by atoms with Gasteiger partial charge < -0.3 is 14.6 Å². The van der Waals surface area contributed by atoms with Gasteiger partial charge in [-0.1, -0.05) is 63.1 Å². The summed E-state index contributed by atoms with van der Waals surface area (Å²) in [6, 6.07) is 8.55. The lowest BCUT2D eigenvalue weighted by atomic mass is 10.0. The fourth-order valence-corrected chi connectivity index (χ4v) is 2.54. The standard InChI is InChI=1S/C18H25NO5S/c1-3-5-9-14(4-2)12-23-18(25-13-16(20)21)19-17(22)24-15-10-7-6-8-11-15/h6-8,10-11,14H,3-5,9,12-13H2,1-2H3,(H,20,21). The first kappa shape index (κ1) is 21.0. The molecule has 7 heteroatoms. The van der Waals surface area contributed by atoms with Crippen molar-refractivity contribution in [2.75, 3.05) is 12.4 Å². The lowest BCUT2D eigenvalue weighted by Gasteiger charge is -2.15. The highest BCUT2D eigenvalue weighted by Crippen LogP contribution is 2.16. The van der Waals surface area contributed by atoms with E-state index in [9.17, 15) is 9.59 Å². The maximum atomic E-state index is 11.9. The van der Waals surface area contributed by atoms with E-state index in [1.165, 1.54) is 0 Å². The van der Waals surface area contributed by atoms with Crippen molar-refractivity contribution in [3.63, 3.8) is 0 Å². The molecule has 1 amide bonds. The van der Waals surface area contributed by atoms with Gasteiger partial charge in [0.2, 0.25) is 0 Å². The summed E-state index contributed by atoms with van der Waals surface area (Å²) < 4.78 is 10.7. The molecule has 1 N–H and O–H groups in total. The molecule has 0 aliphatic heterocycles. The zero-order valence-electron chi connectivity index (χ0n) is 14.6. The predicted molar refractivity (Wildman–Crippen MR) is 99.3 cm³/mol. The molecule has 0 saturated heterocycles. The average molecular weight is 367 g/mol. The van der Waals surface area contributed by atoms with E-state index in [-0.39, 0.29) is 11.0 Å². The summed E-state index contributed by atoms with van der Waals surface area (Å²) >= 11 is 0.872. The summed E-state index contributed by atoms with van der Waals surface area (Å²) in [7, 11) is 0. The summed E-state index contributed by atoms with van der Waals surface area (Å²) in [6.45, 7) is 4.61. The average Bonchev–Trinajstić information content (AvgIpc) is 2.60. The van der Waals surface area contributed by atoms with Gasteiger partial charge in [-0.2, -0.15) is 0 Å². The molecular weight excluding hydrogens is 342 g/mol. The molecule has 25 heavy (non-hydrogen) atoms. The summed E-state index contributed by atoms with van der Waals surface area (Å²) in [5.41, 5.74) is 0. The summed E-state index contributed by atoms with van der Waals surface area (Å²) in [5, 5.41) is 8.85. The third kappa shape index (κ3) is 9.76. The maximum absolute atomic E-state index is 11.9. The fraction of sp³-hybridized carbons (Fsp3) is 0.500. The van der Waals surface area contributed by atoms with Gasteiger partial charge >= 0.3 is 12.1 Å². The predicted octanol–water partition coefficient (Wildman–Crippen LogP) is 4.59. The van der Waals surface area contributed by atoms with E-state index >= 15 is 0 Å². The van der Waals surface area contributed by atoms with Crippen LogP contribution in [0.2, 0.25) is 0 Å². The number of thioether (sulfide) groups is 1. The molecule has 0 fully saturated rings. The number of hydrogen-bond donors (Lipinski definition) is 1. The molecule has 0 heterocycles. The quantitative estimate of drug-likeness (QED) is 0.507. The highest BCUT2D eigenvalue weighted by Gasteiger charge is 2.14. The first-order chi connectivity index (χ1) is 12.0. The van der Waals surface area contributed by atoms with Crippen LogP contribution in [0, 0.1) is 5.92 Å². The summed E-state index contributed by atoms with van der Waals surface area (Å²) in [4.78, 5) is 26.4. The van der Waals surface area contributed by atoms with Gasteiger partial charge in [-0.15, -0.1) is 4.99 Å². The Bertz CT molecular complexity index is 562. The highest BCUT2D eigenvalue weighted by molar-refractivity contribution is 8.14. The van der Waals surface area contributed by atoms with E-state index < -0.39 is 12.1 Å². The Hall–Kier alpha value is -2.02. The van der Waals surface area contributed by atoms with Gasteiger partial charge in [-0.25, -0.2) is 4.79 Å². The first-order valence-electron chi connectivity index (χ1n) is 8.38. The molecular formula is C18H25NO5S. The van der Waals surface area contributed by atoms with Gasteiger partial charge in [0.15, 0.2) is 0 Å². The van der Waals surface area contributed by atoms with Crippen LogP contribution < -0.4 is 4.74 Å². The number of ether oxygens (including phenoxy) is 2. The van der Waals surface area contributed by atoms with Crippen LogP contribution in [0.25, 0.3) is 0 Å². The first-order valence-corrected chi connectivity index (χ1v) is 9.36. The van der Waals surface area contributed by atoms with E-state index in [1.54, 1.807) is 30.3 Å². The van der Waals surface area contributed by atoms with Crippen molar-refractivity contribution in [3.8, 4) is 5.75 Å². The van der Waals surface area contributed by atoms with Crippen molar-refractivity contribution in [3.05, 3.63) is 30.3 Å². The van der Waals surface area contributed by atoms with Gasteiger partial charge in [0.05, 0.1) is 6.61 Å². The van der Waals surface area contributed by atoms with Crippen molar-refractivity contribution in [2.45, 2.75) is 39.5 Å². The Balaban J connectivity index is 2.66. The second kappa shape index (κ2) is 12.4. The number of rotatable bonds is 9. The zero-order chi connectivity index (χ0) is 18.5. The molecule has 0 aliphatic carbocycles. The molecule has 1 rings (SSSR count). The minimum absolute atomic E-state index is 0.0262. The van der Waals surface area contributed by atoms with E-state index in [1.807, 2.05) is 0 Å².